The van der Waals surface area contributed by atoms with E-state index in [1.807, 2.05) is 91.0 Å². The van der Waals surface area contributed by atoms with E-state index in [0.717, 1.165) is 16.7 Å². The number of benzene rings is 3. The fraction of sp³-hybridized carbons (Fsp3) is 0.333. The van der Waals surface area contributed by atoms with Gasteiger partial charge in [-0.1, -0.05) is 91.0 Å². The van der Waals surface area contributed by atoms with Crippen LogP contribution in [-0.2, 0) is 28.4 Å². The second-order valence-electron chi connectivity index (χ2n) is 8.44. The van der Waals surface area contributed by atoms with E-state index in [0.29, 0.717) is 13.2 Å². The first-order valence-electron chi connectivity index (χ1n) is 11.3. The highest BCUT2D eigenvalue weighted by molar-refractivity contribution is 5.19. The highest BCUT2D eigenvalue weighted by atomic mass is 16.8. The molecule has 3 aliphatic heterocycles. The van der Waals surface area contributed by atoms with Crippen molar-refractivity contribution in [3.05, 3.63) is 108 Å². The maximum atomic E-state index is 6.49. The molecular weight excluding hydrogens is 420 g/mol. The molecule has 3 aromatic carbocycles. The van der Waals surface area contributed by atoms with Gasteiger partial charge in [0.05, 0.1) is 13.2 Å². The molecule has 0 aliphatic carbocycles. The summed E-state index contributed by atoms with van der Waals surface area (Å²) in [5.74, 6) is 0. The monoisotopic (exact) mass is 446 g/mol. The van der Waals surface area contributed by atoms with Crippen molar-refractivity contribution < 1.29 is 28.4 Å². The molecule has 170 valence electrons. The summed E-state index contributed by atoms with van der Waals surface area (Å²) in [6, 6.07) is 29.8. The second kappa shape index (κ2) is 9.35. The van der Waals surface area contributed by atoms with E-state index < -0.39 is 18.9 Å². The number of rotatable bonds is 3. The maximum absolute atomic E-state index is 6.49. The summed E-state index contributed by atoms with van der Waals surface area (Å²) in [6.07, 6.45) is -3.00. The minimum absolute atomic E-state index is 0.348. The molecular formula is C27H26O6. The first-order valence-corrected chi connectivity index (χ1v) is 11.3. The van der Waals surface area contributed by atoms with E-state index in [1.54, 1.807) is 0 Å². The van der Waals surface area contributed by atoms with E-state index in [9.17, 15) is 0 Å². The first-order chi connectivity index (χ1) is 16.3. The van der Waals surface area contributed by atoms with Gasteiger partial charge in [-0.2, -0.15) is 0 Å². The molecule has 6 heteroatoms. The molecule has 0 amide bonds. The summed E-state index contributed by atoms with van der Waals surface area (Å²) in [5, 5.41) is 0. The van der Waals surface area contributed by atoms with Gasteiger partial charge in [0, 0.05) is 16.7 Å². The van der Waals surface area contributed by atoms with Crippen molar-refractivity contribution in [2.45, 2.75) is 43.3 Å². The molecule has 0 aromatic heterocycles. The van der Waals surface area contributed by atoms with Crippen molar-refractivity contribution in [1.82, 2.24) is 0 Å². The fourth-order valence-electron chi connectivity index (χ4n) is 4.59. The molecule has 0 spiro atoms. The molecule has 3 aromatic rings. The van der Waals surface area contributed by atoms with Crippen molar-refractivity contribution in [3.63, 3.8) is 0 Å². The van der Waals surface area contributed by atoms with Crippen LogP contribution in [0.25, 0.3) is 0 Å². The lowest BCUT2D eigenvalue weighted by molar-refractivity contribution is -0.319. The standard InChI is InChI=1S/C27H26O6/c1-4-10-18(11-5-1)25-28-16-21-23(32-25)24-22(31-27(30-21)20-14-8-3-9-15-20)17-29-26(33-24)19-12-6-2-7-13-19/h1-15,21-27H,16-17H2/t21-,22+,23-,24-,25?,26?,27?/m1/s1. The molecule has 0 N–H and O–H groups in total. The van der Waals surface area contributed by atoms with Crippen LogP contribution >= 0.6 is 0 Å². The van der Waals surface area contributed by atoms with Crippen molar-refractivity contribution in [2.75, 3.05) is 13.2 Å². The third-order valence-corrected chi connectivity index (χ3v) is 6.25. The molecule has 6 rings (SSSR count). The molecule has 0 saturated carbocycles. The Labute approximate surface area is 192 Å². The summed E-state index contributed by atoms with van der Waals surface area (Å²) in [6.45, 7) is 0.751. The molecule has 3 saturated heterocycles. The molecule has 0 bridgehead atoms. The highest BCUT2D eigenvalue weighted by Gasteiger charge is 2.50. The Morgan fingerprint density at radius 1 is 0.424 bits per heavy atom. The summed E-state index contributed by atoms with van der Waals surface area (Å²) in [4.78, 5) is 0. The van der Waals surface area contributed by atoms with Crippen molar-refractivity contribution in [2.24, 2.45) is 0 Å². The van der Waals surface area contributed by atoms with Crippen LogP contribution in [0.1, 0.15) is 35.6 Å². The third kappa shape index (κ3) is 4.34. The lowest BCUT2D eigenvalue weighted by Gasteiger charge is -2.42. The van der Waals surface area contributed by atoms with E-state index in [4.69, 9.17) is 28.4 Å². The Morgan fingerprint density at radius 3 is 1.18 bits per heavy atom. The molecule has 0 radical (unpaired) electrons. The third-order valence-electron chi connectivity index (χ3n) is 6.25. The SMILES string of the molecule is c1ccc(C2OC[C@@H]3OC(c4ccccc4)O[C@@H]4COC(c5ccccc5)O[C@H]4[C@@H]3O2)cc1. The van der Waals surface area contributed by atoms with E-state index >= 15 is 0 Å². The molecule has 3 heterocycles. The minimum atomic E-state index is -0.561. The maximum Gasteiger partial charge on any atom is 0.184 e. The first kappa shape index (κ1) is 21.0. The topological polar surface area (TPSA) is 55.4 Å². The molecule has 6 nitrogen and oxygen atoms in total. The van der Waals surface area contributed by atoms with Gasteiger partial charge in [-0.25, -0.2) is 0 Å². The summed E-state index contributed by atoms with van der Waals surface area (Å²) < 4.78 is 37.9. The number of ether oxygens (including phenoxy) is 6. The Kier molecular flexibility index (Phi) is 5.94. The van der Waals surface area contributed by atoms with Crippen LogP contribution in [0.4, 0.5) is 0 Å². The van der Waals surface area contributed by atoms with Gasteiger partial charge in [0.2, 0.25) is 0 Å². The molecule has 33 heavy (non-hydrogen) atoms. The van der Waals surface area contributed by atoms with Crippen LogP contribution in [0.5, 0.6) is 0 Å². The number of hydrogen-bond donors (Lipinski definition) is 0. The smallest absolute Gasteiger partial charge is 0.184 e. The Morgan fingerprint density at radius 2 is 0.788 bits per heavy atom. The number of hydrogen-bond acceptors (Lipinski definition) is 6. The van der Waals surface area contributed by atoms with Crippen LogP contribution in [-0.4, -0.2) is 37.6 Å². The van der Waals surface area contributed by atoms with Gasteiger partial charge < -0.3 is 28.4 Å². The molecule has 3 aliphatic rings. The van der Waals surface area contributed by atoms with E-state index in [-0.39, 0.29) is 24.4 Å². The van der Waals surface area contributed by atoms with Gasteiger partial charge in [-0.15, -0.1) is 0 Å². The zero-order chi connectivity index (χ0) is 22.0. The average Bonchev–Trinajstić information content (AvgIpc) is 3.06. The summed E-state index contributed by atoms with van der Waals surface area (Å²) >= 11 is 0. The zero-order valence-corrected chi connectivity index (χ0v) is 18.1. The van der Waals surface area contributed by atoms with Crippen LogP contribution in [0, 0.1) is 0 Å². The normalized spacial score (nSPS) is 34.0. The average molecular weight is 446 g/mol. The predicted octanol–water partition coefficient (Wildman–Crippen LogP) is 4.70. The van der Waals surface area contributed by atoms with Gasteiger partial charge in [-0.05, 0) is 0 Å². The van der Waals surface area contributed by atoms with Gasteiger partial charge in [0.1, 0.15) is 24.4 Å². The van der Waals surface area contributed by atoms with Crippen molar-refractivity contribution in [3.8, 4) is 0 Å². The fourth-order valence-corrected chi connectivity index (χ4v) is 4.59. The number of fused-ring (bicyclic) bond motifs is 3. The predicted molar refractivity (Wildman–Crippen MR) is 119 cm³/mol. The molecule has 7 atom stereocenters. The van der Waals surface area contributed by atoms with Crippen molar-refractivity contribution >= 4 is 0 Å². The quantitative estimate of drug-likeness (QED) is 0.582. The molecule has 3 unspecified atom stereocenters. The zero-order valence-electron chi connectivity index (χ0n) is 18.1. The van der Waals surface area contributed by atoms with Crippen LogP contribution < -0.4 is 0 Å². The van der Waals surface area contributed by atoms with Gasteiger partial charge in [0.15, 0.2) is 18.9 Å². The molecule has 3 fully saturated rings. The lowest BCUT2D eigenvalue weighted by Crippen LogP contribution is -2.55. The van der Waals surface area contributed by atoms with E-state index in [1.165, 1.54) is 0 Å². The minimum Gasteiger partial charge on any atom is -0.346 e. The summed E-state index contributed by atoms with van der Waals surface area (Å²) in [7, 11) is 0. The Bertz CT molecular complexity index is 965. The second-order valence-corrected chi connectivity index (χ2v) is 8.44. The Hall–Kier alpha value is -2.58. The Balaban J connectivity index is 1.31. The van der Waals surface area contributed by atoms with Gasteiger partial charge >= 0.3 is 0 Å². The lowest BCUT2D eigenvalue weighted by atomic mass is 10.0. The van der Waals surface area contributed by atoms with Crippen LogP contribution in [0.3, 0.4) is 0 Å². The van der Waals surface area contributed by atoms with Crippen LogP contribution in [0.15, 0.2) is 91.0 Å². The van der Waals surface area contributed by atoms with E-state index in [2.05, 4.69) is 0 Å². The van der Waals surface area contributed by atoms with Gasteiger partial charge in [-0.3, -0.25) is 0 Å². The van der Waals surface area contributed by atoms with Crippen LogP contribution in [0.2, 0.25) is 0 Å². The van der Waals surface area contributed by atoms with Crippen molar-refractivity contribution in [1.29, 1.82) is 0 Å². The largest absolute Gasteiger partial charge is 0.346 e. The highest BCUT2D eigenvalue weighted by Crippen LogP contribution is 2.41. The van der Waals surface area contributed by atoms with Gasteiger partial charge in [0.25, 0.3) is 0 Å². The summed E-state index contributed by atoms with van der Waals surface area (Å²) in [5.41, 5.74) is 2.86.